The Morgan fingerprint density at radius 3 is 1.97 bits per heavy atom. The lowest BCUT2D eigenvalue weighted by atomic mass is 9.92. The van der Waals surface area contributed by atoms with Gasteiger partial charge >= 0.3 is 18.4 Å². The van der Waals surface area contributed by atoms with E-state index in [-0.39, 0.29) is 31.9 Å². The van der Waals surface area contributed by atoms with Crippen LogP contribution in [0.3, 0.4) is 0 Å². The molecule has 0 radical (unpaired) electrons. The van der Waals surface area contributed by atoms with E-state index in [1.165, 1.54) is 4.90 Å². The van der Waals surface area contributed by atoms with Gasteiger partial charge in [0.2, 0.25) is 0 Å². The van der Waals surface area contributed by atoms with Gasteiger partial charge in [-0.15, -0.1) is 0 Å². The number of likely N-dealkylation sites (tertiary alicyclic amines) is 1. The van der Waals surface area contributed by atoms with Crippen molar-refractivity contribution in [2.24, 2.45) is 0 Å². The fourth-order valence-electron chi connectivity index (χ4n) is 4.53. The Morgan fingerprint density at radius 2 is 1.41 bits per heavy atom. The Labute approximate surface area is 220 Å². The summed E-state index contributed by atoms with van der Waals surface area (Å²) < 4.78 is 85.9. The van der Waals surface area contributed by atoms with Crippen LogP contribution in [0.4, 0.5) is 36.8 Å². The van der Waals surface area contributed by atoms with Crippen molar-refractivity contribution in [1.29, 1.82) is 0 Å². The van der Waals surface area contributed by atoms with Crippen molar-refractivity contribution in [3.63, 3.8) is 0 Å². The van der Waals surface area contributed by atoms with Crippen molar-refractivity contribution in [1.82, 2.24) is 4.90 Å². The zero-order valence-electron chi connectivity index (χ0n) is 20.4. The minimum absolute atomic E-state index is 0.0103. The molecule has 39 heavy (non-hydrogen) atoms. The molecule has 0 aliphatic carbocycles. The number of benzene rings is 3. The summed E-state index contributed by atoms with van der Waals surface area (Å²) in [5.74, 6) is -0.959. The summed E-state index contributed by atoms with van der Waals surface area (Å²) in [5.41, 5.74) is -2.51. The molecule has 2 atom stereocenters. The summed E-state index contributed by atoms with van der Waals surface area (Å²) >= 11 is 0. The molecule has 206 valence electrons. The first kappa shape index (κ1) is 28.0. The van der Waals surface area contributed by atoms with Gasteiger partial charge in [0.05, 0.1) is 11.1 Å². The van der Waals surface area contributed by atoms with Gasteiger partial charge in [-0.05, 0) is 42.3 Å². The molecule has 1 N–H and O–H groups in total. The van der Waals surface area contributed by atoms with E-state index in [9.17, 15) is 35.9 Å². The van der Waals surface area contributed by atoms with E-state index >= 15 is 0 Å². The SMILES string of the molecule is O=C(Nc1ccccc1)OC1CCN(C(=O)c2cc(C(F)(F)F)cc(C(F)(F)F)c2)C(Cc2ccccc2)C1. The molecule has 11 heteroatoms. The fraction of sp³-hybridized carbons (Fsp3) is 0.286. The number of amides is 2. The number of carbonyl (C=O) groups excluding carboxylic acids is 2. The van der Waals surface area contributed by atoms with Crippen LogP contribution in [-0.4, -0.2) is 35.6 Å². The molecule has 0 spiro atoms. The predicted octanol–water partition coefficient (Wildman–Crippen LogP) is 7.19. The summed E-state index contributed by atoms with van der Waals surface area (Å²) in [6, 6.07) is 17.7. The third-order valence-electron chi connectivity index (χ3n) is 6.37. The topological polar surface area (TPSA) is 58.6 Å². The van der Waals surface area contributed by atoms with Crippen molar-refractivity contribution >= 4 is 17.7 Å². The Hall–Kier alpha value is -4.02. The molecule has 0 bridgehead atoms. The average molecular weight is 550 g/mol. The van der Waals surface area contributed by atoms with Gasteiger partial charge in [0.1, 0.15) is 6.10 Å². The third-order valence-corrected chi connectivity index (χ3v) is 6.37. The zero-order valence-corrected chi connectivity index (χ0v) is 20.4. The summed E-state index contributed by atoms with van der Waals surface area (Å²) in [6.45, 7) is -0.0305. The van der Waals surface area contributed by atoms with Gasteiger partial charge in [0.25, 0.3) is 5.91 Å². The number of piperidine rings is 1. The number of rotatable bonds is 5. The van der Waals surface area contributed by atoms with Crippen molar-refractivity contribution in [3.8, 4) is 0 Å². The van der Waals surface area contributed by atoms with Crippen LogP contribution in [0.2, 0.25) is 0 Å². The summed E-state index contributed by atoms with van der Waals surface area (Å²) in [7, 11) is 0. The van der Waals surface area contributed by atoms with Gasteiger partial charge in [-0.25, -0.2) is 4.79 Å². The van der Waals surface area contributed by atoms with Crippen LogP contribution >= 0.6 is 0 Å². The fourth-order valence-corrected chi connectivity index (χ4v) is 4.53. The first-order valence-corrected chi connectivity index (χ1v) is 12.1. The summed E-state index contributed by atoms with van der Waals surface area (Å²) in [5, 5.41) is 2.60. The number of carbonyl (C=O) groups is 2. The molecule has 2 unspecified atom stereocenters. The van der Waals surface area contributed by atoms with E-state index in [0.29, 0.717) is 17.8 Å². The molecule has 5 nitrogen and oxygen atoms in total. The number of hydrogen-bond donors (Lipinski definition) is 1. The summed E-state index contributed by atoms with van der Waals surface area (Å²) in [6.07, 6.45) is -10.9. The van der Waals surface area contributed by atoms with Crippen molar-refractivity contribution in [2.45, 2.75) is 43.8 Å². The second kappa shape index (κ2) is 11.4. The zero-order chi connectivity index (χ0) is 28.2. The molecular weight excluding hydrogens is 526 g/mol. The van der Waals surface area contributed by atoms with E-state index in [0.717, 1.165) is 5.56 Å². The standard InChI is InChI=1S/C28H24F6N2O3/c29-27(30,31)20-14-19(15-21(16-20)28(32,33)34)25(37)36-12-11-24(17-23(36)13-18-7-3-1-4-8-18)39-26(38)35-22-9-5-2-6-10-22/h1-10,14-16,23-24H,11-13,17H2,(H,35,38). The molecule has 1 saturated heterocycles. The Kier molecular flexibility index (Phi) is 8.17. The Balaban J connectivity index is 1.58. The van der Waals surface area contributed by atoms with E-state index < -0.39 is 53.2 Å². The van der Waals surface area contributed by atoms with Crippen molar-refractivity contribution < 1.29 is 40.7 Å². The van der Waals surface area contributed by atoms with E-state index in [1.54, 1.807) is 60.7 Å². The number of para-hydroxylation sites is 1. The largest absolute Gasteiger partial charge is 0.446 e. The number of hydrogen-bond acceptors (Lipinski definition) is 3. The minimum Gasteiger partial charge on any atom is -0.446 e. The van der Waals surface area contributed by atoms with E-state index in [2.05, 4.69) is 5.32 Å². The highest BCUT2D eigenvalue weighted by Gasteiger charge is 2.39. The molecule has 3 aromatic rings. The second-order valence-corrected chi connectivity index (χ2v) is 9.18. The second-order valence-electron chi connectivity index (χ2n) is 9.18. The van der Waals surface area contributed by atoms with Gasteiger partial charge in [-0.2, -0.15) is 26.3 Å². The van der Waals surface area contributed by atoms with Crippen LogP contribution in [0.1, 0.15) is 39.9 Å². The molecule has 4 rings (SSSR count). The van der Waals surface area contributed by atoms with Gasteiger partial charge in [0.15, 0.2) is 0 Å². The molecule has 1 fully saturated rings. The molecular formula is C28H24F6N2O3. The lowest BCUT2D eigenvalue weighted by molar-refractivity contribution is -0.143. The first-order chi connectivity index (χ1) is 18.4. The number of nitrogens with one attached hydrogen (secondary N) is 1. The lowest BCUT2D eigenvalue weighted by Crippen LogP contribution is -2.49. The predicted molar refractivity (Wildman–Crippen MR) is 131 cm³/mol. The monoisotopic (exact) mass is 550 g/mol. The normalized spacial score (nSPS) is 17.9. The number of nitrogens with zero attached hydrogens (tertiary/aromatic N) is 1. The maximum atomic E-state index is 13.4. The van der Waals surface area contributed by atoms with Gasteiger partial charge in [-0.3, -0.25) is 10.1 Å². The lowest BCUT2D eigenvalue weighted by Gasteiger charge is -2.39. The highest BCUT2D eigenvalue weighted by molar-refractivity contribution is 5.95. The van der Waals surface area contributed by atoms with Gasteiger partial charge < -0.3 is 9.64 Å². The van der Waals surface area contributed by atoms with E-state index in [1.807, 2.05) is 0 Å². The molecule has 1 aliphatic rings. The third kappa shape index (κ3) is 7.30. The van der Waals surface area contributed by atoms with Crippen LogP contribution in [0, 0.1) is 0 Å². The van der Waals surface area contributed by atoms with Crippen LogP contribution in [0.25, 0.3) is 0 Å². The number of alkyl halides is 6. The molecule has 2 amide bonds. The summed E-state index contributed by atoms with van der Waals surface area (Å²) in [4.78, 5) is 27.1. The maximum Gasteiger partial charge on any atom is 0.416 e. The highest BCUT2D eigenvalue weighted by atomic mass is 19.4. The molecule has 0 saturated carbocycles. The smallest absolute Gasteiger partial charge is 0.416 e. The Bertz CT molecular complexity index is 1260. The van der Waals surface area contributed by atoms with Crippen LogP contribution < -0.4 is 5.32 Å². The number of anilines is 1. The van der Waals surface area contributed by atoms with Crippen molar-refractivity contribution in [3.05, 3.63) is 101 Å². The van der Waals surface area contributed by atoms with Crippen LogP contribution in [0.5, 0.6) is 0 Å². The van der Waals surface area contributed by atoms with Crippen LogP contribution in [-0.2, 0) is 23.5 Å². The molecule has 1 aliphatic heterocycles. The van der Waals surface area contributed by atoms with Crippen LogP contribution in [0.15, 0.2) is 78.9 Å². The minimum atomic E-state index is -5.08. The average Bonchev–Trinajstić information content (AvgIpc) is 2.88. The van der Waals surface area contributed by atoms with Gasteiger partial charge in [0, 0.05) is 36.7 Å². The number of halogens is 6. The molecule has 0 aromatic heterocycles. The Morgan fingerprint density at radius 1 is 0.846 bits per heavy atom. The highest BCUT2D eigenvalue weighted by Crippen LogP contribution is 2.37. The first-order valence-electron chi connectivity index (χ1n) is 12.1. The van der Waals surface area contributed by atoms with Gasteiger partial charge in [-0.1, -0.05) is 48.5 Å². The quantitative estimate of drug-likeness (QED) is 0.342. The molecule has 1 heterocycles. The maximum absolute atomic E-state index is 13.4. The number of ether oxygens (including phenoxy) is 1. The van der Waals surface area contributed by atoms with Crippen molar-refractivity contribution in [2.75, 3.05) is 11.9 Å². The van der Waals surface area contributed by atoms with E-state index in [4.69, 9.17) is 4.74 Å². The molecule has 3 aromatic carbocycles.